The number of halogens is 3. The number of carbonyl (C=O) groups excluding carboxylic acids is 2. The summed E-state index contributed by atoms with van der Waals surface area (Å²) in [5.74, 6) is -0.698. The molecule has 3 aromatic rings. The van der Waals surface area contributed by atoms with Crippen molar-refractivity contribution >= 4 is 23.2 Å². The molecule has 1 atom stereocenters. The van der Waals surface area contributed by atoms with Crippen LogP contribution in [-0.2, 0) is 22.1 Å². The Kier molecular flexibility index (Phi) is 8.11. The summed E-state index contributed by atoms with van der Waals surface area (Å²) in [7, 11) is 1.55. The monoisotopic (exact) mass is 516 g/mol. The Morgan fingerprint density at radius 3 is 2.47 bits per heavy atom. The number of thiophene rings is 1. The van der Waals surface area contributed by atoms with Gasteiger partial charge in [-0.05, 0) is 59.7 Å². The van der Waals surface area contributed by atoms with Crippen molar-refractivity contribution in [3.63, 3.8) is 0 Å². The Bertz CT molecular complexity index is 1180. The van der Waals surface area contributed by atoms with E-state index >= 15 is 0 Å². The summed E-state index contributed by atoms with van der Waals surface area (Å²) in [4.78, 5) is 31.3. The van der Waals surface area contributed by atoms with E-state index in [1.165, 1.54) is 9.78 Å². The molecular formula is C27H27F3N2O3S. The van der Waals surface area contributed by atoms with Crippen molar-refractivity contribution in [2.75, 3.05) is 33.4 Å². The Balaban J connectivity index is 1.57. The molecular weight excluding hydrogens is 489 g/mol. The van der Waals surface area contributed by atoms with Crippen LogP contribution in [0.25, 0.3) is 0 Å². The summed E-state index contributed by atoms with van der Waals surface area (Å²) in [6, 6.07) is 15.6. The van der Waals surface area contributed by atoms with Crippen molar-refractivity contribution < 1.29 is 27.5 Å². The number of ether oxygens (including phenoxy) is 1. The van der Waals surface area contributed by atoms with Crippen LogP contribution in [0.2, 0.25) is 0 Å². The maximum Gasteiger partial charge on any atom is 0.416 e. The third-order valence-electron chi connectivity index (χ3n) is 6.25. The van der Waals surface area contributed by atoms with E-state index in [-0.39, 0.29) is 30.6 Å². The Morgan fingerprint density at radius 1 is 1.08 bits per heavy atom. The van der Waals surface area contributed by atoms with Gasteiger partial charge in [0.05, 0.1) is 11.6 Å². The molecule has 5 nitrogen and oxygen atoms in total. The lowest BCUT2D eigenvalue weighted by atomic mass is 9.93. The van der Waals surface area contributed by atoms with Gasteiger partial charge in [-0.1, -0.05) is 30.3 Å². The van der Waals surface area contributed by atoms with Gasteiger partial charge in [0, 0.05) is 37.2 Å². The van der Waals surface area contributed by atoms with Crippen LogP contribution in [0, 0.1) is 0 Å². The number of methoxy groups -OCH3 is 1. The van der Waals surface area contributed by atoms with Crippen molar-refractivity contribution in [1.82, 2.24) is 9.80 Å². The van der Waals surface area contributed by atoms with Crippen LogP contribution in [0.1, 0.15) is 44.4 Å². The highest BCUT2D eigenvalue weighted by Crippen LogP contribution is 2.38. The molecule has 0 aliphatic carbocycles. The summed E-state index contributed by atoms with van der Waals surface area (Å²) in [6.07, 6.45) is -3.26. The molecule has 0 bridgehead atoms. The zero-order chi connectivity index (χ0) is 25.7. The third kappa shape index (κ3) is 5.79. The molecule has 0 spiro atoms. The molecule has 0 N–H and O–H groups in total. The standard InChI is InChI=1S/C27H27F3N2O3S/c1-35-16-5-14-31(26(34)20-8-10-21(11-9-20)27(28,29)30)18-24(33)32-15-12-23-22(13-17-36-23)25(32)19-6-3-2-4-7-19/h2-4,6-11,13,17,25H,5,12,14-16,18H2,1H3. The Hall–Kier alpha value is -3.17. The van der Waals surface area contributed by atoms with Gasteiger partial charge >= 0.3 is 6.18 Å². The van der Waals surface area contributed by atoms with Gasteiger partial charge in [0.15, 0.2) is 0 Å². The molecule has 1 aliphatic heterocycles. The number of amides is 2. The van der Waals surface area contributed by atoms with Crippen molar-refractivity contribution in [1.29, 1.82) is 0 Å². The number of hydrogen-bond donors (Lipinski definition) is 0. The molecule has 9 heteroatoms. The highest BCUT2D eigenvalue weighted by atomic mass is 32.1. The van der Waals surface area contributed by atoms with Gasteiger partial charge in [0.1, 0.15) is 6.54 Å². The number of benzene rings is 2. The minimum atomic E-state index is -4.49. The van der Waals surface area contributed by atoms with Gasteiger partial charge in [0.2, 0.25) is 5.91 Å². The van der Waals surface area contributed by atoms with Crippen molar-refractivity contribution in [2.45, 2.75) is 25.1 Å². The predicted molar refractivity (Wildman–Crippen MR) is 132 cm³/mol. The normalized spacial score (nSPS) is 15.4. The maximum absolute atomic E-state index is 13.6. The maximum atomic E-state index is 13.6. The number of hydrogen-bond acceptors (Lipinski definition) is 4. The first-order chi connectivity index (χ1) is 17.3. The molecule has 2 aromatic carbocycles. The van der Waals surface area contributed by atoms with Gasteiger partial charge < -0.3 is 14.5 Å². The van der Waals surface area contributed by atoms with Crippen LogP contribution in [0.3, 0.4) is 0 Å². The fraction of sp³-hybridized carbons (Fsp3) is 0.333. The summed E-state index contributed by atoms with van der Waals surface area (Å²) >= 11 is 1.67. The van der Waals surface area contributed by atoms with E-state index in [9.17, 15) is 22.8 Å². The van der Waals surface area contributed by atoms with Crippen LogP contribution in [0.4, 0.5) is 13.2 Å². The second-order valence-electron chi connectivity index (χ2n) is 8.60. The van der Waals surface area contributed by atoms with E-state index < -0.39 is 17.6 Å². The molecule has 0 saturated heterocycles. The first kappa shape index (κ1) is 25.9. The second kappa shape index (κ2) is 11.3. The molecule has 1 aliphatic rings. The number of carbonyl (C=O) groups is 2. The highest BCUT2D eigenvalue weighted by molar-refractivity contribution is 7.10. The molecule has 2 heterocycles. The van der Waals surface area contributed by atoms with Gasteiger partial charge in [-0.25, -0.2) is 0 Å². The lowest BCUT2D eigenvalue weighted by molar-refractivity contribution is -0.137. The molecule has 0 radical (unpaired) electrons. The van der Waals surface area contributed by atoms with E-state index in [0.29, 0.717) is 19.6 Å². The van der Waals surface area contributed by atoms with E-state index in [2.05, 4.69) is 0 Å². The van der Waals surface area contributed by atoms with E-state index in [0.717, 1.165) is 41.8 Å². The lowest BCUT2D eigenvalue weighted by Crippen LogP contribution is -2.47. The van der Waals surface area contributed by atoms with Crippen molar-refractivity contribution in [2.24, 2.45) is 0 Å². The smallest absolute Gasteiger partial charge is 0.385 e. The third-order valence-corrected chi connectivity index (χ3v) is 7.25. The number of alkyl halides is 3. The summed E-state index contributed by atoms with van der Waals surface area (Å²) < 4.78 is 44.0. The highest BCUT2D eigenvalue weighted by Gasteiger charge is 2.34. The number of fused-ring (bicyclic) bond motifs is 1. The summed E-state index contributed by atoms with van der Waals surface area (Å²) in [5.41, 5.74) is 1.36. The summed E-state index contributed by atoms with van der Waals surface area (Å²) in [5, 5.41) is 2.03. The minimum Gasteiger partial charge on any atom is -0.385 e. The van der Waals surface area contributed by atoms with Crippen LogP contribution in [0.5, 0.6) is 0 Å². The first-order valence-corrected chi connectivity index (χ1v) is 12.5. The van der Waals surface area contributed by atoms with Crippen molar-refractivity contribution in [3.8, 4) is 0 Å². The quantitative estimate of drug-likeness (QED) is 0.376. The Labute approximate surface area is 212 Å². The molecule has 2 amide bonds. The molecule has 190 valence electrons. The van der Waals surface area contributed by atoms with Gasteiger partial charge in [0.25, 0.3) is 5.91 Å². The fourth-order valence-electron chi connectivity index (χ4n) is 4.47. The Morgan fingerprint density at radius 2 is 1.81 bits per heavy atom. The van der Waals surface area contributed by atoms with E-state index in [1.807, 2.05) is 41.8 Å². The average Bonchev–Trinajstić information content (AvgIpc) is 3.36. The second-order valence-corrected chi connectivity index (χ2v) is 9.60. The zero-order valence-corrected chi connectivity index (χ0v) is 20.6. The zero-order valence-electron chi connectivity index (χ0n) is 19.8. The average molecular weight is 517 g/mol. The minimum absolute atomic E-state index is 0.103. The van der Waals surface area contributed by atoms with Crippen LogP contribution in [0.15, 0.2) is 66.0 Å². The first-order valence-electron chi connectivity index (χ1n) is 11.7. The summed E-state index contributed by atoms with van der Waals surface area (Å²) in [6.45, 7) is 0.977. The number of nitrogens with zero attached hydrogens (tertiary/aromatic N) is 2. The van der Waals surface area contributed by atoms with Gasteiger partial charge in [-0.3, -0.25) is 9.59 Å². The number of rotatable bonds is 8. The molecule has 36 heavy (non-hydrogen) atoms. The van der Waals surface area contributed by atoms with Crippen LogP contribution < -0.4 is 0 Å². The predicted octanol–water partition coefficient (Wildman–Crippen LogP) is 5.42. The molecule has 4 rings (SSSR count). The molecule has 0 fully saturated rings. The van der Waals surface area contributed by atoms with Crippen LogP contribution >= 0.6 is 11.3 Å². The molecule has 0 saturated carbocycles. The van der Waals surface area contributed by atoms with Gasteiger partial charge in [-0.2, -0.15) is 13.2 Å². The van der Waals surface area contributed by atoms with E-state index in [4.69, 9.17) is 4.74 Å². The van der Waals surface area contributed by atoms with Crippen molar-refractivity contribution in [3.05, 3.63) is 93.2 Å². The topological polar surface area (TPSA) is 49.9 Å². The molecule has 1 aromatic heterocycles. The fourth-order valence-corrected chi connectivity index (χ4v) is 5.37. The largest absolute Gasteiger partial charge is 0.416 e. The van der Waals surface area contributed by atoms with E-state index in [1.54, 1.807) is 23.3 Å². The SMILES string of the molecule is COCCCN(CC(=O)N1CCc2sccc2C1c1ccccc1)C(=O)c1ccc(C(F)(F)F)cc1. The molecule has 1 unspecified atom stereocenters. The lowest BCUT2D eigenvalue weighted by Gasteiger charge is -2.37. The van der Waals surface area contributed by atoms with Gasteiger partial charge in [-0.15, -0.1) is 11.3 Å². The van der Waals surface area contributed by atoms with Crippen LogP contribution in [-0.4, -0.2) is 55.0 Å².